The van der Waals surface area contributed by atoms with Crippen molar-refractivity contribution in [3.05, 3.63) is 93.5 Å². The van der Waals surface area contributed by atoms with Crippen LogP contribution in [0.3, 0.4) is 0 Å². The van der Waals surface area contributed by atoms with E-state index >= 15 is 0 Å². The number of aliphatic imine (C=N–C) groups is 1. The van der Waals surface area contributed by atoms with Crippen molar-refractivity contribution in [2.24, 2.45) is 10.9 Å². The van der Waals surface area contributed by atoms with Crippen LogP contribution in [0.15, 0.2) is 71.7 Å². The number of fused-ring (bicyclic) bond motifs is 1. The van der Waals surface area contributed by atoms with E-state index in [9.17, 15) is 9.59 Å². The number of anilines is 2. The predicted octanol–water partition coefficient (Wildman–Crippen LogP) is 6.79. The molecule has 4 rings (SSSR count). The highest BCUT2D eigenvalue weighted by atomic mass is 35.5. The Balaban J connectivity index is 1.79. The number of amides is 2. The fourth-order valence-electron chi connectivity index (χ4n) is 4.31. The van der Waals surface area contributed by atoms with E-state index in [1.165, 1.54) is 4.90 Å². The van der Waals surface area contributed by atoms with Crippen LogP contribution in [0.5, 0.6) is 0 Å². The third-order valence-corrected chi connectivity index (χ3v) is 7.09. The highest BCUT2D eigenvalue weighted by Gasteiger charge is 2.36. The summed E-state index contributed by atoms with van der Waals surface area (Å²) in [6, 6.07) is 19.7. The second-order valence-corrected chi connectivity index (χ2v) is 9.82. The van der Waals surface area contributed by atoms with Crippen molar-refractivity contribution in [3.63, 3.8) is 0 Å². The Kier molecular flexibility index (Phi) is 8.12. The molecule has 7 heteroatoms. The van der Waals surface area contributed by atoms with E-state index in [0.717, 1.165) is 18.4 Å². The topological polar surface area (TPSA) is 61.8 Å². The summed E-state index contributed by atoms with van der Waals surface area (Å²) in [4.78, 5) is 33.6. The third-order valence-electron chi connectivity index (χ3n) is 6.52. The van der Waals surface area contributed by atoms with Crippen LogP contribution in [0.25, 0.3) is 0 Å². The smallest absolute Gasteiger partial charge is 0.252 e. The van der Waals surface area contributed by atoms with Crippen LogP contribution < -0.4 is 10.2 Å². The Hall–Kier alpha value is -3.15. The van der Waals surface area contributed by atoms with Gasteiger partial charge in [-0.05, 0) is 54.3 Å². The van der Waals surface area contributed by atoms with E-state index in [2.05, 4.69) is 12.2 Å². The number of nitrogens with zero attached hydrogens (tertiary/aromatic N) is 2. The minimum Gasteiger partial charge on any atom is -0.325 e. The van der Waals surface area contributed by atoms with Crippen molar-refractivity contribution in [2.75, 3.05) is 16.8 Å². The molecule has 0 radical (unpaired) electrons. The molecule has 2 atom stereocenters. The summed E-state index contributed by atoms with van der Waals surface area (Å²) in [6.45, 7) is 5.93. The maximum atomic E-state index is 13.9. The van der Waals surface area contributed by atoms with Gasteiger partial charge in [-0.1, -0.05) is 80.7 Å². The molecule has 3 aromatic carbocycles. The second-order valence-electron chi connectivity index (χ2n) is 8.98. The largest absolute Gasteiger partial charge is 0.325 e. The van der Waals surface area contributed by atoms with Gasteiger partial charge in [0.15, 0.2) is 0 Å². The Bertz CT molecular complexity index is 1320. The molecule has 5 nitrogen and oxygen atoms in total. The maximum Gasteiger partial charge on any atom is 0.252 e. The van der Waals surface area contributed by atoms with Gasteiger partial charge in [-0.2, -0.15) is 0 Å². The molecule has 2 amide bonds. The standard InChI is InChI=1S/C29H29Cl2N3O2/c1-4-18(3)27-29(36)34(17-26(35)32-21-10-8-9-19(5-2)15-21)25-14-13-20(30)16-23(25)28(33-27)22-11-6-7-12-24(22)31/h6-16,18,27H,4-5,17H2,1-3H3,(H,32,35)/t18-,27-/m0/s1. The Morgan fingerprint density at radius 3 is 2.53 bits per heavy atom. The van der Waals surface area contributed by atoms with Crippen LogP contribution in [0.1, 0.15) is 43.9 Å². The molecule has 0 aliphatic carbocycles. The number of aryl methyl sites for hydroxylation is 1. The Labute approximate surface area is 222 Å². The van der Waals surface area contributed by atoms with E-state index in [-0.39, 0.29) is 24.3 Å². The number of benzene rings is 3. The van der Waals surface area contributed by atoms with Gasteiger partial charge in [0.1, 0.15) is 12.6 Å². The third kappa shape index (κ3) is 5.48. The lowest BCUT2D eigenvalue weighted by Gasteiger charge is -2.26. The van der Waals surface area contributed by atoms with Crippen LogP contribution >= 0.6 is 23.2 Å². The molecular formula is C29H29Cl2N3O2. The number of carbonyl (C=O) groups excluding carboxylic acids is 2. The zero-order chi connectivity index (χ0) is 25.8. The molecule has 0 saturated heterocycles. The molecule has 186 valence electrons. The fraction of sp³-hybridized carbons (Fsp3) is 0.276. The number of carbonyl (C=O) groups is 2. The number of benzodiazepines with no additional fused rings is 1. The predicted molar refractivity (Wildman–Crippen MR) is 149 cm³/mol. The SMILES string of the molecule is CCc1cccc(NC(=O)CN2C(=O)[C@H]([C@@H](C)CC)N=C(c3ccccc3Cl)c3cc(Cl)ccc32)c1. The van der Waals surface area contributed by atoms with Gasteiger partial charge in [0.05, 0.1) is 11.4 Å². The minimum atomic E-state index is -0.677. The molecular weight excluding hydrogens is 493 g/mol. The summed E-state index contributed by atoms with van der Waals surface area (Å²) in [7, 11) is 0. The van der Waals surface area contributed by atoms with Crippen LogP contribution in [0, 0.1) is 5.92 Å². The first kappa shape index (κ1) is 25.9. The number of halogens is 2. The summed E-state index contributed by atoms with van der Waals surface area (Å²) in [5.74, 6) is -0.569. The van der Waals surface area contributed by atoms with Gasteiger partial charge in [0.25, 0.3) is 5.91 Å². The highest BCUT2D eigenvalue weighted by Crippen LogP contribution is 2.34. The van der Waals surface area contributed by atoms with Crippen LogP contribution in [0.4, 0.5) is 11.4 Å². The molecule has 0 spiro atoms. The zero-order valence-electron chi connectivity index (χ0n) is 20.6. The first-order valence-electron chi connectivity index (χ1n) is 12.1. The summed E-state index contributed by atoms with van der Waals surface area (Å²) in [6.07, 6.45) is 1.61. The zero-order valence-corrected chi connectivity index (χ0v) is 22.1. The van der Waals surface area contributed by atoms with Gasteiger partial charge in [0.2, 0.25) is 5.91 Å². The first-order valence-corrected chi connectivity index (χ1v) is 12.9. The first-order chi connectivity index (χ1) is 17.3. The van der Waals surface area contributed by atoms with Crippen LogP contribution in [-0.2, 0) is 16.0 Å². The van der Waals surface area contributed by atoms with Gasteiger partial charge in [0, 0.05) is 26.9 Å². The van der Waals surface area contributed by atoms with Crippen molar-refractivity contribution in [1.82, 2.24) is 0 Å². The monoisotopic (exact) mass is 521 g/mol. The number of nitrogens with one attached hydrogen (secondary N) is 1. The average Bonchev–Trinajstić information content (AvgIpc) is 2.98. The van der Waals surface area contributed by atoms with E-state index in [4.69, 9.17) is 28.2 Å². The molecule has 0 fully saturated rings. The van der Waals surface area contributed by atoms with E-state index in [0.29, 0.717) is 38.3 Å². The van der Waals surface area contributed by atoms with Gasteiger partial charge in [-0.15, -0.1) is 0 Å². The summed E-state index contributed by atoms with van der Waals surface area (Å²) >= 11 is 13.0. The van der Waals surface area contributed by atoms with Crippen LogP contribution in [0.2, 0.25) is 10.0 Å². The van der Waals surface area contributed by atoms with Crippen LogP contribution in [-0.4, -0.2) is 30.1 Å². The molecule has 1 N–H and O–H groups in total. The molecule has 0 bridgehead atoms. The van der Waals surface area contributed by atoms with Crippen molar-refractivity contribution in [2.45, 2.75) is 39.7 Å². The molecule has 0 saturated carbocycles. The number of hydrogen-bond acceptors (Lipinski definition) is 3. The molecule has 1 aliphatic heterocycles. The average molecular weight is 522 g/mol. The quantitative estimate of drug-likeness (QED) is 0.371. The summed E-state index contributed by atoms with van der Waals surface area (Å²) < 4.78 is 0. The molecule has 1 aliphatic rings. The Morgan fingerprint density at radius 2 is 1.81 bits per heavy atom. The van der Waals surface area contributed by atoms with E-state index in [1.54, 1.807) is 24.3 Å². The second kappa shape index (κ2) is 11.3. The van der Waals surface area contributed by atoms with E-state index < -0.39 is 6.04 Å². The lowest BCUT2D eigenvalue weighted by atomic mass is 9.97. The Morgan fingerprint density at radius 1 is 1.03 bits per heavy atom. The molecule has 0 unspecified atom stereocenters. The van der Waals surface area contributed by atoms with Gasteiger partial charge < -0.3 is 10.2 Å². The van der Waals surface area contributed by atoms with Gasteiger partial charge >= 0.3 is 0 Å². The normalized spacial score (nSPS) is 16.1. The van der Waals surface area contributed by atoms with Crippen molar-refractivity contribution in [3.8, 4) is 0 Å². The lowest BCUT2D eigenvalue weighted by Crippen LogP contribution is -2.44. The fourth-order valence-corrected chi connectivity index (χ4v) is 4.71. The van der Waals surface area contributed by atoms with Gasteiger partial charge in [-0.3, -0.25) is 14.6 Å². The number of hydrogen-bond donors (Lipinski definition) is 1. The summed E-state index contributed by atoms with van der Waals surface area (Å²) in [5, 5.41) is 3.97. The number of rotatable bonds is 7. The molecule has 1 heterocycles. The van der Waals surface area contributed by atoms with E-state index in [1.807, 2.05) is 56.3 Å². The minimum absolute atomic E-state index is 0.0495. The highest BCUT2D eigenvalue weighted by molar-refractivity contribution is 6.37. The summed E-state index contributed by atoms with van der Waals surface area (Å²) in [5.41, 5.74) is 4.36. The van der Waals surface area contributed by atoms with Crippen molar-refractivity contribution in [1.29, 1.82) is 0 Å². The van der Waals surface area contributed by atoms with Crippen molar-refractivity contribution < 1.29 is 9.59 Å². The molecule has 3 aromatic rings. The van der Waals surface area contributed by atoms with Crippen molar-refractivity contribution >= 4 is 52.1 Å². The maximum absolute atomic E-state index is 13.9. The lowest BCUT2D eigenvalue weighted by molar-refractivity contribution is -0.123. The molecule has 0 aromatic heterocycles. The molecule has 36 heavy (non-hydrogen) atoms. The van der Waals surface area contributed by atoms with Gasteiger partial charge in [-0.25, -0.2) is 0 Å².